The third-order valence-electron chi connectivity index (χ3n) is 5.26. The normalized spacial score (nSPS) is 10.9. The van der Waals surface area contributed by atoms with Crippen LogP contribution < -0.4 is 14.9 Å². The topological polar surface area (TPSA) is 77.0 Å². The molecule has 4 aromatic carbocycles. The summed E-state index contributed by atoms with van der Waals surface area (Å²) in [5.74, 6) is 0.338. The highest BCUT2D eigenvalue weighted by molar-refractivity contribution is 6.05. The van der Waals surface area contributed by atoms with Crippen LogP contribution in [-0.4, -0.2) is 24.7 Å². The number of hydrazone groups is 1. The van der Waals surface area contributed by atoms with Gasteiger partial charge in [-0.05, 0) is 71.6 Å². The smallest absolute Gasteiger partial charge is 0.344 e. The number of rotatable bonds is 7. The number of ether oxygens (including phenoxy) is 2. The minimum absolute atomic E-state index is 0.133. The van der Waals surface area contributed by atoms with Crippen LogP contribution in [0.25, 0.3) is 10.8 Å². The Kier molecular flexibility index (Phi) is 6.98. The molecule has 0 bridgehead atoms. The molecule has 0 fully saturated rings. The van der Waals surface area contributed by atoms with Crippen molar-refractivity contribution >= 4 is 28.9 Å². The van der Waals surface area contributed by atoms with Gasteiger partial charge in [0, 0.05) is 0 Å². The first kappa shape index (κ1) is 22.7. The van der Waals surface area contributed by atoms with Crippen LogP contribution in [0.5, 0.6) is 11.5 Å². The summed E-state index contributed by atoms with van der Waals surface area (Å²) in [7, 11) is 0. The Labute approximate surface area is 197 Å². The number of fused-ring (bicyclic) bond motifs is 1. The zero-order valence-corrected chi connectivity index (χ0v) is 18.9. The number of amides is 1. The van der Waals surface area contributed by atoms with E-state index in [2.05, 4.69) is 10.5 Å². The van der Waals surface area contributed by atoms with Crippen molar-refractivity contribution < 1.29 is 19.1 Å². The second-order valence-electron chi connectivity index (χ2n) is 7.79. The fourth-order valence-electron chi connectivity index (χ4n) is 3.56. The number of esters is 1. The summed E-state index contributed by atoms with van der Waals surface area (Å²) >= 11 is 0. The molecule has 4 aromatic rings. The van der Waals surface area contributed by atoms with Crippen molar-refractivity contribution in [1.82, 2.24) is 5.43 Å². The monoisotopic (exact) mass is 452 g/mol. The van der Waals surface area contributed by atoms with Crippen LogP contribution in [-0.2, 0) is 4.79 Å². The van der Waals surface area contributed by atoms with Crippen molar-refractivity contribution in [2.45, 2.75) is 13.8 Å². The SMILES string of the molecule is Cc1cccc(C)c1OCC(=O)N/N=C\c1ccc(OC(=O)c2cccc3ccccc23)cc1. The first-order chi connectivity index (χ1) is 16.5. The van der Waals surface area contributed by atoms with Crippen molar-refractivity contribution in [2.75, 3.05) is 6.61 Å². The summed E-state index contributed by atoms with van der Waals surface area (Å²) in [4.78, 5) is 24.7. The number of benzene rings is 4. The predicted octanol–water partition coefficient (Wildman–Crippen LogP) is 5.20. The molecule has 170 valence electrons. The van der Waals surface area contributed by atoms with Gasteiger partial charge in [-0.1, -0.05) is 54.6 Å². The van der Waals surface area contributed by atoms with E-state index in [0.29, 0.717) is 17.1 Å². The zero-order chi connectivity index (χ0) is 23.9. The van der Waals surface area contributed by atoms with Gasteiger partial charge in [0.2, 0.25) is 0 Å². The number of carbonyl (C=O) groups excluding carboxylic acids is 2. The second kappa shape index (κ2) is 10.4. The number of nitrogens with zero attached hydrogens (tertiary/aromatic N) is 1. The molecule has 4 rings (SSSR count). The molecule has 6 nitrogen and oxygen atoms in total. The third kappa shape index (κ3) is 5.48. The van der Waals surface area contributed by atoms with Crippen molar-refractivity contribution in [2.24, 2.45) is 5.10 Å². The van der Waals surface area contributed by atoms with E-state index >= 15 is 0 Å². The number of hydrogen-bond acceptors (Lipinski definition) is 5. The molecule has 0 radical (unpaired) electrons. The van der Waals surface area contributed by atoms with Crippen LogP contribution in [0.2, 0.25) is 0 Å². The number of para-hydroxylation sites is 1. The summed E-state index contributed by atoms with van der Waals surface area (Å²) in [6, 6.07) is 25.9. The lowest BCUT2D eigenvalue weighted by Crippen LogP contribution is -2.25. The number of aryl methyl sites for hydroxylation is 2. The Bertz CT molecular complexity index is 1340. The molecular formula is C28H24N2O4. The van der Waals surface area contributed by atoms with Gasteiger partial charge < -0.3 is 9.47 Å². The molecule has 0 saturated carbocycles. The molecule has 0 aliphatic heterocycles. The van der Waals surface area contributed by atoms with Gasteiger partial charge in [0.25, 0.3) is 5.91 Å². The summed E-state index contributed by atoms with van der Waals surface area (Å²) in [5, 5.41) is 5.78. The lowest BCUT2D eigenvalue weighted by molar-refractivity contribution is -0.123. The summed E-state index contributed by atoms with van der Waals surface area (Å²) < 4.78 is 11.1. The van der Waals surface area contributed by atoms with Gasteiger partial charge in [0.1, 0.15) is 11.5 Å². The lowest BCUT2D eigenvalue weighted by Gasteiger charge is -2.10. The van der Waals surface area contributed by atoms with E-state index in [9.17, 15) is 9.59 Å². The highest BCUT2D eigenvalue weighted by Gasteiger charge is 2.12. The number of nitrogens with one attached hydrogen (secondary N) is 1. The molecule has 0 aromatic heterocycles. The maximum Gasteiger partial charge on any atom is 0.344 e. The van der Waals surface area contributed by atoms with Gasteiger partial charge in [-0.15, -0.1) is 0 Å². The van der Waals surface area contributed by atoms with Crippen molar-refractivity contribution in [3.8, 4) is 11.5 Å². The molecule has 0 unspecified atom stereocenters. The van der Waals surface area contributed by atoms with Crippen LogP contribution in [0, 0.1) is 13.8 Å². The first-order valence-electron chi connectivity index (χ1n) is 10.8. The molecule has 0 atom stereocenters. The fourth-order valence-corrected chi connectivity index (χ4v) is 3.56. The molecular weight excluding hydrogens is 428 g/mol. The second-order valence-corrected chi connectivity index (χ2v) is 7.79. The van der Waals surface area contributed by atoms with Gasteiger partial charge in [-0.3, -0.25) is 4.79 Å². The van der Waals surface area contributed by atoms with Gasteiger partial charge in [0.15, 0.2) is 6.61 Å². The summed E-state index contributed by atoms with van der Waals surface area (Å²) in [6.07, 6.45) is 1.51. The van der Waals surface area contributed by atoms with E-state index in [-0.39, 0.29) is 12.5 Å². The molecule has 0 saturated heterocycles. The Morgan fingerprint density at radius 3 is 2.29 bits per heavy atom. The summed E-state index contributed by atoms with van der Waals surface area (Å²) in [6.45, 7) is 3.73. The highest BCUT2D eigenvalue weighted by Crippen LogP contribution is 2.22. The van der Waals surface area contributed by atoms with Gasteiger partial charge >= 0.3 is 5.97 Å². The van der Waals surface area contributed by atoms with Crippen LogP contribution in [0.3, 0.4) is 0 Å². The van der Waals surface area contributed by atoms with Crippen molar-refractivity contribution in [3.63, 3.8) is 0 Å². The van der Waals surface area contributed by atoms with E-state index in [4.69, 9.17) is 9.47 Å². The molecule has 1 amide bonds. The average Bonchev–Trinajstić information content (AvgIpc) is 2.84. The van der Waals surface area contributed by atoms with Crippen molar-refractivity contribution in [1.29, 1.82) is 0 Å². The van der Waals surface area contributed by atoms with E-state index in [1.54, 1.807) is 30.3 Å². The molecule has 0 spiro atoms. The van der Waals surface area contributed by atoms with E-state index < -0.39 is 5.97 Å². The first-order valence-corrected chi connectivity index (χ1v) is 10.8. The molecule has 6 heteroatoms. The quantitative estimate of drug-likeness (QED) is 0.181. The van der Waals surface area contributed by atoms with Crippen LogP contribution >= 0.6 is 0 Å². The zero-order valence-electron chi connectivity index (χ0n) is 18.9. The van der Waals surface area contributed by atoms with E-state index in [1.165, 1.54) is 6.21 Å². The van der Waals surface area contributed by atoms with Crippen LogP contribution in [0.15, 0.2) is 90.0 Å². The molecule has 0 aliphatic carbocycles. The third-order valence-corrected chi connectivity index (χ3v) is 5.26. The summed E-state index contributed by atoms with van der Waals surface area (Å²) in [5.41, 5.74) is 5.63. The lowest BCUT2D eigenvalue weighted by atomic mass is 10.0. The van der Waals surface area contributed by atoms with E-state index in [1.807, 2.05) is 68.4 Å². The average molecular weight is 453 g/mol. The van der Waals surface area contributed by atoms with Gasteiger partial charge in [0.05, 0.1) is 11.8 Å². The standard InChI is InChI=1S/C28H24N2O4/c1-19-7-5-8-20(2)27(19)33-18-26(31)30-29-17-21-13-15-23(16-14-21)34-28(32)25-12-6-10-22-9-3-4-11-24(22)25/h3-17H,18H2,1-2H3,(H,30,31)/b29-17-. The van der Waals surface area contributed by atoms with Crippen molar-refractivity contribution in [3.05, 3.63) is 107 Å². The minimum atomic E-state index is -0.422. The maximum absolute atomic E-state index is 12.7. The van der Waals surface area contributed by atoms with Crippen LogP contribution in [0.1, 0.15) is 27.0 Å². The Hall–Kier alpha value is -4.45. The number of carbonyl (C=O) groups is 2. The molecule has 0 aliphatic rings. The fraction of sp³-hybridized carbons (Fsp3) is 0.107. The van der Waals surface area contributed by atoms with E-state index in [0.717, 1.165) is 27.5 Å². The Balaban J connectivity index is 1.31. The highest BCUT2D eigenvalue weighted by atomic mass is 16.5. The van der Waals surface area contributed by atoms with Gasteiger partial charge in [-0.2, -0.15) is 5.10 Å². The minimum Gasteiger partial charge on any atom is -0.483 e. The molecule has 34 heavy (non-hydrogen) atoms. The molecule has 1 N–H and O–H groups in total. The largest absolute Gasteiger partial charge is 0.483 e. The van der Waals surface area contributed by atoms with Gasteiger partial charge in [-0.25, -0.2) is 10.2 Å². The Morgan fingerprint density at radius 2 is 1.53 bits per heavy atom. The van der Waals surface area contributed by atoms with Crippen LogP contribution in [0.4, 0.5) is 0 Å². The predicted molar refractivity (Wildman–Crippen MR) is 132 cm³/mol. The Morgan fingerprint density at radius 1 is 0.853 bits per heavy atom. The molecule has 0 heterocycles. The maximum atomic E-state index is 12.7. The number of hydrogen-bond donors (Lipinski definition) is 1.